The predicted octanol–water partition coefficient (Wildman–Crippen LogP) is 1.73. The molecule has 132 valence electrons. The quantitative estimate of drug-likeness (QED) is 0.828. The third kappa shape index (κ3) is 3.11. The summed E-state index contributed by atoms with van der Waals surface area (Å²) in [7, 11) is 0. The predicted molar refractivity (Wildman–Crippen MR) is 95.6 cm³/mol. The van der Waals surface area contributed by atoms with E-state index in [1.165, 1.54) is 11.6 Å². The zero-order chi connectivity index (χ0) is 17.2. The molecule has 0 radical (unpaired) electrons. The Morgan fingerprint density at radius 2 is 2.20 bits per heavy atom. The lowest BCUT2D eigenvalue weighted by Crippen LogP contribution is -2.36. The minimum atomic E-state index is -0.121. The van der Waals surface area contributed by atoms with Crippen molar-refractivity contribution in [1.29, 1.82) is 0 Å². The van der Waals surface area contributed by atoms with Gasteiger partial charge in [-0.25, -0.2) is 9.97 Å². The maximum atomic E-state index is 11.6. The second-order valence-corrected chi connectivity index (χ2v) is 6.70. The third-order valence-electron chi connectivity index (χ3n) is 5.16. The van der Waals surface area contributed by atoms with Gasteiger partial charge in [0.1, 0.15) is 17.8 Å². The number of hydrogen-bond donors (Lipinski definition) is 2. The number of carbonyl (C=O) groups excluding carboxylic acids is 1. The van der Waals surface area contributed by atoms with Crippen LogP contribution < -0.4 is 10.2 Å². The molecule has 2 aromatic heterocycles. The Labute approximate surface area is 146 Å². The monoisotopic (exact) mass is 341 g/mol. The Hall–Kier alpha value is -2.41. The lowest BCUT2D eigenvalue weighted by molar-refractivity contribution is -0.117. The summed E-state index contributed by atoms with van der Waals surface area (Å²) in [6, 6.07) is 0.126. The van der Waals surface area contributed by atoms with Gasteiger partial charge in [-0.1, -0.05) is 6.58 Å². The lowest BCUT2D eigenvalue weighted by atomic mass is 9.92. The molecule has 0 unspecified atom stereocenters. The van der Waals surface area contributed by atoms with E-state index < -0.39 is 0 Å². The number of nitrogens with one attached hydrogen (secondary N) is 2. The number of hydrogen-bond acceptors (Lipinski definition) is 5. The van der Waals surface area contributed by atoms with Crippen LogP contribution in [0.4, 0.5) is 5.82 Å². The van der Waals surface area contributed by atoms with Crippen molar-refractivity contribution < 1.29 is 9.53 Å². The molecule has 4 heterocycles. The largest absolute Gasteiger partial charge is 0.381 e. The van der Waals surface area contributed by atoms with E-state index in [1.807, 2.05) is 0 Å². The highest BCUT2D eigenvalue weighted by atomic mass is 16.5. The molecule has 0 saturated carbocycles. The van der Waals surface area contributed by atoms with E-state index in [0.29, 0.717) is 5.92 Å². The van der Waals surface area contributed by atoms with Gasteiger partial charge in [0.25, 0.3) is 0 Å². The van der Waals surface area contributed by atoms with Gasteiger partial charge in [0.15, 0.2) is 0 Å². The van der Waals surface area contributed by atoms with Crippen LogP contribution in [0.1, 0.15) is 30.7 Å². The van der Waals surface area contributed by atoms with E-state index in [0.717, 1.165) is 62.4 Å². The van der Waals surface area contributed by atoms with Crippen molar-refractivity contribution in [1.82, 2.24) is 20.3 Å². The van der Waals surface area contributed by atoms with E-state index in [4.69, 9.17) is 4.74 Å². The zero-order valence-corrected chi connectivity index (χ0v) is 14.2. The Kier molecular flexibility index (Phi) is 4.40. The van der Waals surface area contributed by atoms with Gasteiger partial charge in [-0.05, 0) is 36.8 Å². The van der Waals surface area contributed by atoms with Crippen molar-refractivity contribution in [3.8, 4) is 0 Å². The van der Waals surface area contributed by atoms with E-state index in [2.05, 4.69) is 37.9 Å². The molecule has 7 nitrogen and oxygen atoms in total. The van der Waals surface area contributed by atoms with Crippen LogP contribution in [0, 0.1) is 0 Å². The first-order valence-corrected chi connectivity index (χ1v) is 8.84. The smallest absolute Gasteiger partial charge is 0.243 e. The summed E-state index contributed by atoms with van der Waals surface area (Å²) < 4.78 is 5.50. The Balaban J connectivity index is 1.62. The second kappa shape index (κ2) is 6.84. The van der Waals surface area contributed by atoms with E-state index >= 15 is 0 Å². The van der Waals surface area contributed by atoms with Crippen LogP contribution in [-0.4, -0.2) is 53.2 Å². The van der Waals surface area contributed by atoms with Crippen molar-refractivity contribution in [3.63, 3.8) is 0 Å². The molecule has 2 aliphatic rings. The minimum absolute atomic E-state index is 0.121. The van der Waals surface area contributed by atoms with Crippen molar-refractivity contribution >= 4 is 22.8 Å². The van der Waals surface area contributed by atoms with Crippen LogP contribution >= 0.6 is 0 Å². The number of amides is 1. The molecule has 7 heteroatoms. The lowest BCUT2D eigenvalue weighted by Gasteiger charge is -2.24. The van der Waals surface area contributed by atoms with Gasteiger partial charge in [0.2, 0.25) is 5.91 Å². The molecule has 2 N–H and O–H groups in total. The normalized spacial score (nSPS) is 21.6. The molecule has 0 spiro atoms. The Morgan fingerprint density at radius 1 is 1.36 bits per heavy atom. The summed E-state index contributed by atoms with van der Waals surface area (Å²) in [4.78, 5) is 26.1. The molecule has 2 aromatic rings. The van der Waals surface area contributed by atoms with Crippen LogP contribution in [0.25, 0.3) is 11.0 Å². The minimum Gasteiger partial charge on any atom is -0.381 e. The average molecular weight is 341 g/mol. The van der Waals surface area contributed by atoms with Crippen molar-refractivity contribution in [3.05, 3.63) is 30.7 Å². The fourth-order valence-electron chi connectivity index (χ4n) is 3.87. The molecule has 0 aromatic carbocycles. The Morgan fingerprint density at radius 3 is 3.00 bits per heavy atom. The topological polar surface area (TPSA) is 83.1 Å². The summed E-state index contributed by atoms with van der Waals surface area (Å²) in [5, 5.41) is 4.10. The average Bonchev–Trinajstić information content (AvgIpc) is 3.29. The molecule has 25 heavy (non-hydrogen) atoms. The fourth-order valence-corrected chi connectivity index (χ4v) is 3.87. The Bertz CT molecular complexity index is 781. The first kappa shape index (κ1) is 16.1. The highest BCUT2D eigenvalue weighted by Gasteiger charge is 2.28. The summed E-state index contributed by atoms with van der Waals surface area (Å²) in [6.07, 6.45) is 7.96. The van der Waals surface area contributed by atoms with Crippen LogP contribution in [0.2, 0.25) is 0 Å². The van der Waals surface area contributed by atoms with Gasteiger partial charge in [0, 0.05) is 38.5 Å². The molecule has 1 amide bonds. The summed E-state index contributed by atoms with van der Waals surface area (Å²) in [6.45, 7) is 6.75. The summed E-state index contributed by atoms with van der Waals surface area (Å²) >= 11 is 0. The molecule has 1 atom stereocenters. The molecule has 2 fully saturated rings. The molecular formula is C18H23N5O2. The fraction of sp³-hybridized carbons (Fsp3) is 0.500. The molecular weight excluding hydrogens is 318 g/mol. The third-order valence-corrected chi connectivity index (χ3v) is 5.16. The van der Waals surface area contributed by atoms with Crippen molar-refractivity contribution in [2.45, 2.75) is 31.2 Å². The molecule has 0 bridgehead atoms. The van der Waals surface area contributed by atoms with Gasteiger partial charge in [-0.15, -0.1) is 0 Å². The maximum absolute atomic E-state index is 11.6. The van der Waals surface area contributed by atoms with Crippen LogP contribution in [0.3, 0.4) is 0 Å². The van der Waals surface area contributed by atoms with Gasteiger partial charge in [-0.3, -0.25) is 4.79 Å². The number of ether oxygens (including phenoxy) is 1. The van der Waals surface area contributed by atoms with Gasteiger partial charge < -0.3 is 19.9 Å². The van der Waals surface area contributed by atoms with E-state index in [1.54, 1.807) is 6.33 Å². The summed E-state index contributed by atoms with van der Waals surface area (Å²) in [5.41, 5.74) is 2.16. The maximum Gasteiger partial charge on any atom is 0.243 e. The molecule has 2 saturated heterocycles. The summed E-state index contributed by atoms with van der Waals surface area (Å²) in [5.74, 6) is 1.32. The van der Waals surface area contributed by atoms with Crippen LogP contribution in [0.5, 0.6) is 0 Å². The molecule has 4 rings (SSSR count). The highest BCUT2D eigenvalue weighted by Crippen LogP contribution is 2.36. The number of carbonyl (C=O) groups is 1. The number of aromatic nitrogens is 3. The first-order valence-electron chi connectivity index (χ1n) is 8.84. The van der Waals surface area contributed by atoms with E-state index in [9.17, 15) is 4.79 Å². The SMILES string of the molecule is C=CC(=O)N[C@@H]1CCN(c2ncnc3[nH]cc(C4CCOCC4)c23)C1. The second-order valence-electron chi connectivity index (χ2n) is 6.70. The number of anilines is 1. The first-order chi connectivity index (χ1) is 12.3. The van der Waals surface area contributed by atoms with Gasteiger partial charge in [0.05, 0.1) is 5.39 Å². The van der Waals surface area contributed by atoms with Crippen LogP contribution in [-0.2, 0) is 9.53 Å². The molecule has 2 aliphatic heterocycles. The number of nitrogens with zero attached hydrogens (tertiary/aromatic N) is 3. The number of fused-ring (bicyclic) bond motifs is 1. The molecule has 0 aliphatic carbocycles. The number of aromatic amines is 1. The standard InChI is InChI=1S/C18H23N5O2/c1-2-15(24)22-13-3-6-23(10-13)18-16-14(12-4-7-25-8-5-12)9-19-17(16)20-11-21-18/h2,9,11-13H,1,3-8,10H2,(H,22,24)(H,19,20,21)/t13-/m1/s1. The highest BCUT2D eigenvalue weighted by molar-refractivity contribution is 5.91. The van der Waals surface area contributed by atoms with Crippen molar-refractivity contribution in [2.75, 3.05) is 31.2 Å². The number of H-pyrrole nitrogens is 1. The van der Waals surface area contributed by atoms with Crippen LogP contribution in [0.15, 0.2) is 25.2 Å². The van der Waals surface area contributed by atoms with Gasteiger partial charge in [-0.2, -0.15) is 0 Å². The van der Waals surface area contributed by atoms with Crippen molar-refractivity contribution in [2.24, 2.45) is 0 Å². The van der Waals surface area contributed by atoms with E-state index in [-0.39, 0.29) is 11.9 Å². The zero-order valence-electron chi connectivity index (χ0n) is 14.2. The van der Waals surface area contributed by atoms with Gasteiger partial charge >= 0.3 is 0 Å². The number of rotatable bonds is 4.